The highest BCUT2D eigenvalue weighted by Crippen LogP contribution is 2.19. The molecule has 1 amide bonds. The summed E-state index contributed by atoms with van der Waals surface area (Å²) >= 11 is 0. The van der Waals surface area contributed by atoms with E-state index in [2.05, 4.69) is 22.2 Å². The predicted octanol–water partition coefficient (Wildman–Crippen LogP) is 3.64. The van der Waals surface area contributed by atoms with Crippen LogP contribution in [0.2, 0.25) is 0 Å². The predicted molar refractivity (Wildman–Crippen MR) is 112 cm³/mol. The lowest BCUT2D eigenvalue weighted by Gasteiger charge is -2.27. The summed E-state index contributed by atoms with van der Waals surface area (Å²) in [6.45, 7) is 6.93. The molecule has 28 heavy (non-hydrogen) atoms. The lowest BCUT2D eigenvalue weighted by Crippen LogP contribution is -2.37. The van der Waals surface area contributed by atoms with Crippen molar-refractivity contribution in [2.45, 2.75) is 33.2 Å². The number of carbonyl (C=O) groups excluding carboxylic acids is 1. The fourth-order valence-corrected chi connectivity index (χ4v) is 3.26. The number of fused-ring (bicyclic) bond motifs is 1. The first-order valence-electron chi connectivity index (χ1n) is 9.58. The van der Waals surface area contributed by atoms with E-state index in [1.807, 2.05) is 61.2 Å². The summed E-state index contributed by atoms with van der Waals surface area (Å²) in [5, 5.41) is 3.54. The third kappa shape index (κ3) is 4.46. The van der Waals surface area contributed by atoms with Crippen LogP contribution in [0.1, 0.15) is 37.7 Å². The summed E-state index contributed by atoms with van der Waals surface area (Å²) in [6.07, 6.45) is 0.889. The highest BCUT2D eigenvalue weighted by Gasteiger charge is 2.21. The number of nitrogens with zero attached hydrogens (tertiary/aromatic N) is 2. The van der Waals surface area contributed by atoms with Crippen molar-refractivity contribution in [3.63, 3.8) is 0 Å². The molecule has 0 aliphatic heterocycles. The molecule has 1 heterocycles. The largest absolute Gasteiger partial charge is 0.325 e. The number of aromatic nitrogens is 2. The van der Waals surface area contributed by atoms with Gasteiger partial charge in [-0.25, -0.2) is 4.98 Å². The summed E-state index contributed by atoms with van der Waals surface area (Å²) < 4.78 is 0. The highest BCUT2D eigenvalue weighted by molar-refractivity contribution is 5.93. The number of H-pyrrole nitrogens is 1. The van der Waals surface area contributed by atoms with Crippen LogP contribution >= 0.6 is 0 Å². The molecular formula is C22H26N4O2. The monoisotopic (exact) mass is 378 g/mol. The van der Waals surface area contributed by atoms with Gasteiger partial charge in [0, 0.05) is 5.69 Å². The first-order valence-corrected chi connectivity index (χ1v) is 9.58. The Hall–Kier alpha value is -2.99. The molecule has 2 aromatic carbocycles. The van der Waals surface area contributed by atoms with Gasteiger partial charge >= 0.3 is 0 Å². The van der Waals surface area contributed by atoms with Crippen molar-refractivity contribution in [1.29, 1.82) is 0 Å². The molecule has 146 valence electrons. The molecule has 6 heteroatoms. The summed E-state index contributed by atoms with van der Waals surface area (Å²) in [6, 6.07) is 14.8. The maximum atomic E-state index is 12.6. The number of rotatable bonds is 7. The smallest absolute Gasteiger partial charge is 0.258 e. The second kappa shape index (κ2) is 8.80. The minimum Gasteiger partial charge on any atom is -0.325 e. The van der Waals surface area contributed by atoms with Crippen LogP contribution in [0.15, 0.2) is 53.3 Å². The maximum absolute atomic E-state index is 12.6. The average Bonchev–Trinajstić information content (AvgIpc) is 2.69. The van der Waals surface area contributed by atoms with E-state index in [0.29, 0.717) is 16.7 Å². The van der Waals surface area contributed by atoms with E-state index in [1.54, 1.807) is 6.07 Å². The lowest BCUT2D eigenvalue weighted by molar-refractivity contribution is -0.117. The maximum Gasteiger partial charge on any atom is 0.258 e. The standard InChI is InChI=1S/C22H26N4O2/c1-4-13-26(14-20(27)23-18-11-7-5-9-15(18)2)16(3)21-24-19-12-8-6-10-17(19)22(28)25-21/h5-12,16H,4,13-14H2,1-3H3,(H,23,27)(H,24,25,28). The normalized spacial score (nSPS) is 12.3. The fourth-order valence-electron chi connectivity index (χ4n) is 3.26. The van der Waals surface area contributed by atoms with Crippen LogP contribution in [0.4, 0.5) is 5.69 Å². The number of hydrogen-bond acceptors (Lipinski definition) is 4. The molecule has 6 nitrogen and oxygen atoms in total. The molecule has 3 aromatic rings. The molecule has 0 bridgehead atoms. The number of para-hydroxylation sites is 2. The second-order valence-electron chi connectivity index (χ2n) is 6.98. The molecule has 1 atom stereocenters. The van der Waals surface area contributed by atoms with Gasteiger partial charge in [-0.15, -0.1) is 0 Å². The van der Waals surface area contributed by atoms with Crippen LogP contribution < -0.4 is 10.9 Å². The van der Waals surface area contributed by atoms with Crippen LogP contribution in [-0.4, -0.2) is 33.9 Å². The highest BCUT2D eigenvalue weighted by atomic mass is 16.2. The van der Waals surface area contributed by atoms with Crippen LogP contribution in [0.5, 0.6) is 0 Å². The van der Waals surface area contributed by atoms with Crippen molar-refractivity contribution in [1.82, 2.24) is 14.9 Å². The van der Waals surface area contributed by atoms with E-state index < -0.39 is 0 Å². The molecule has 1 unspecified atom stereocenters. The molecule has 3 rings (SSSR count). The average molecular weight is 378 g/mol. The number of benzene rings is 2. The Morgan fingerprint density at radius 1 is 1.18 bits per heavy atom. The van der Waals surface area contributed by atoms with Gasteiger partial charge in [-0.1, -0.05) is 37.3 Å². The van der Waals surface area contributed by atoms with Gasteiger partial charge in [0.15, 0.2) is 0 Å². The minimum atomic E-state index is -0.195. The Balaban J connectivity index is 1.80. The van der Waals surface area contributed by atoms with Crippen molar-refractivity contribution in [3.05, 3.63) is 70.3 Å². The van der Waals surface area contributed by atoms with Crippen molar-refractivity contribution < 1.29 is 4.79 Å². The Kier molecular flexibility index (Phi) is 6.21. The zero-order valence-electron chi connectivity index (χ0n) is 16.5. The molecule has 0 aliphatic carbocycles. The van der Waals surface area contributed by atoms with Crippen molar-refractivity contribution in [3.8, 4) is 0 Å². The zero-order valence-corrected chi connectivity index (χ0v) is 16.5. The van der Waals surface area contributed by atoms with Gasteiger partial charge in [-0.3, -0.25) is 14.5 Å². The second-order valence-corrected chi connectivity index (χ2v) is 6.98. The number of amides is 1. The first-order chi connectivity index (χ1) is 13.5. The van der Waals surface area contributed by atoms with Crippen molar-refractivity contribution >= 4 is 22.5 Å². The molecular weight excluding hydrogens is 352 g/mol. The Bertz CT molecular complexity index is 1030. The topological polar surface area (TPSA) is 78.1 Å². The quantitative estimate of drug-likeness (QED) is 0.658. The molecule has 0 radical (unpaired) electrons. The molecule has 0 aliphatic rings. The first kappa shape index (κ1) is 19.8. The fraction of sp³-hybridized carbons (Fsp3) is 0.318. The zero-order chi connectivity index (χ0) is 20.1. The summed E-state index contributed by atoms with van der Waals surface area (Å²) in [5.74, 6) is 0.485. The van der Waals surface area contributed by atoms with Gasteiger partial charge in [0.05, 0.1) is 23.5 Å². The lowest BCUT2D eigenvalue weighted by atomic mass is 10.2. The molecule has 1 aromatic heterocycles. The van der Waals surface area contributed by atoms with Gasteiger partial charge in [0.25, 0.3) is 5.56 Å². The molecule has 0 fully saturated rings. The Labute approximate surface area is 164 Å². The molecule has 0 saturated carbocycles. The molecule has 0 spiro atoms. The minimum absolute atomic E-state index is 0.0854. The number of aryl methyl sites for hydroxylation is 1. The number of nitrogens with one attached hydrogen (secondary N) is 2. The SMILES string of the molecule is CCCN(CC(=O)Nc1ccccc1C)C(C)c1nc2ccccc2c(=O)[nH]1. The number of hydrogen-bond donors (Lipinski definition) is 2. The van der Waals surface area contributed by atoms with E-state index >= 15 is 0 Å². The third-order valence-electron chi connectivity index (χ3n) is 4.85. The van der Waals surface area contributed by atoms with Crippen LogP contribution in [-0.2, 0) is 4.79 Å². The van der Waals surface area contributed by atoms with Crippen molar-refractivity contribution in [2.75, 3.05) is 18.4 Å². The summed E-state index contributed by atoms with van der Waals surface area (Å²) in [7, 11) is 0. The Morgan fingerprint density at radius 2 is 1.89 bits per heavy atom. The van der Waals surface area contributed by atoms with Gasteiger partial charge in [-0.05, 0) is 50.6 Å². The van der Waals surface area contributed by atoms with E-state index in [1.165, 1.54) is 0 Å². The van der Waals surface area contributed by atoms with Crippen LogP contribution in [0, 0.1) is 6.92 Å². The van der Waals surface area contributed by atoms with Crippen LogP contribution in [0.25, 0.3) is 10.9 Å². The molecule has 0 saturated heterocycles. The van der Waals surface area contributed by atoms with E-state index in [0.717, 1.165) is 24.2 Å². The summed E-state index contributed by atoms with van der Waals surface area (Å²) in [5.41, 5.74) is 2.34. The third-order valence-corrected chi connectivity index (χ3v) is 4.85. The Morgan fingerprint density at radius 3 is 2.64 bits per heavy atom. The van der Waals surface area contributed by atoms with E-state index in [4.69, 9.17) is 0 Å². The van der Waals surface area contributed by atoms with Gasteiger partial charge in [-0.2, -0.15) is 0 Å². The van der Waals surface area contributed by atoms with Crippen molar-refractivity contribution in [2.24, 2.45) is 0 Å². The van der Waals surface area contributed by atoms with E-state index in [9.17, 15) is 9.59 Å². The number of aromatic amines is 1. The number of anilines is 1. The molecule has 2 N–H and O–H groups in total. The van der Waals surface area contributed by atoms with Gasteiger partial charge < -0.3 is 10.3 Å². The number of carbonyl (C=O) groups is 1. The van der Waals surface area contributed by atoms with Gasteiger partial charge in [0.2, 0.25) is 5.91 Å². The van der Waals surface area contributed by atoms with Gasteiger partial charge in [0.1, 0.15) is 5.82 Å². The van der Waals surface area contributed by atoms with E-state index in [-0.39, 0.29) is 24.1 Å². The summed E-state index contributed by atoms with van der Waals surface area (Å²) in [4.78, 5) is 34.5. The van der Waals surface area contributed by atoms with Crippen LogP contribution in [0.3, 0.4) is 0 Å².